The smallest absolute Gasteiger partial charge is 0.255 e. The number of ether oxygens (including phenoxy) is 2. The van der Waals surface area contributed by atoms with Crippen LogP contribution in [0.25, 0.3) is 5.57 Å². The second kappa shape index (κ2) is 8.51. The summed E-state index contributed by atoms with van der Waals surface area (Å²) >= 11 is 0. The van der Waals surface area contributed by atoms with Crippen LogP contribution in [-0.4, -0.2) is 56.1 Å². The van der Waals surface area contributed by atoms with E-state index < -0.39 is 0 Å². The summed E-state index contributed by atoms with van der Waals surface area (Å²) in [5.74, 6) is 2.96. The first-order valence-electron chi connectivity index (χ1n) is 11.4. The molecule has 4 aliphatic rings. The van der Waals surface area contributed by atoms with E-state index in [1.54, 1.807) is 25.2 Å². The molecule has 1 aromatic rings. The lowest BCUT2D eigenvalue weighted by Gasteiger charge is -2.30. The van der Waals surface area contributed by atoms with Crippen molar-refractivity contribution in [3.05, 3.63) is 65.7 Å². The number of benzene rings is 1. The molecule has 0 bridgehead atoms. The predicted octanol–water partition coefficient (Wildman–Crippen LogP) is 3.40. The van der Waals surface area contributed by atoms with E-state index in [9.17, 15) is 4.79 Å². The van der Waals surface area contributed by atoms with Crippen LogP contribution in [0.15, 0.2) is 60.1 Å². The number of nitrogens with zero attached hydrogens (tertiary/aromatic N) is 2. The van der Waals surface area contributed by atoms with Gasteiger partial charge in [0.2, 0.25) is 0 Å². The molecule has 2 fully saturated rings. The van der Waals surface area contributed by atoms with Crippen molar-refractivity contribution in [1.29, 1.82) is 0 Å². The van der Waals surface area contributed by atoms with Crippen molar-refractivity contribution in [2.24, 2.45) is 17.8 Å². The Morgan fingerprint density at radius 2 is 1.72 bits per heavy atom. The van der Waals surface area contributed by atoms with Crippen LogP contribution in [0.1, 0.15) is 18.9 Å². The largest absolute Gasteiger partial charge is 0.493 e. The van der Waals surface area contributed by atoms with Crippen LogP contribution in [0, 0.1) is 17.8 Å². The van der Waals surface area contributed by atoms with Gasteiger partial charge in [-0.15, -0.1) is 0 Å². The van der Waals surface area contributed by atoms with Crippen LogP contribution in [0.2, 0.25) is 0 Å². The van der Waals surface area contributed by atoms with Gasteiger partial charge in [0, 0.05) is 44.2 Å². The molecule has 6 nitrogen and oxygen atoms in total. The van der Waals surface area contributed by atoms with E-state index in [4.69, 9.17) is 9.47 Å². The fourth-order valence-corrected chi connectivity index (χ4v) is 5.26. The molecule has 0 radical (unpaired) electrons. The molecule has 1 N–H and O–H groups in total. The summed E-state index contributed by atoms with van der Waals surface area (Å²) in [4.78, 5) is 17.6. The number of amides is 1. The first kappa shape index (κ1) is 20.9. The number of nitrogens with one attached hydrogen (secondary N) is 1. The Kier molecular flexibility index (Phi) is 5.55. The van der Waals surface area contributed by atoms with Gasteiger partial charge in [-0.3, -0.25) is 9.69 Å². The summed E-state index contributed by atoms with van der Waals surface area (Å²) in [5, 5.41) is 3.49. The molecule has 0 aromatic heterocycles. The SMILES string of the molecule is COc1ccc(C2=CC(=O)N3C=C(N4CC5CNCC5C4)C=CC3=CCC2C)cc1OC. The molecule has 2 saturated heterocycles. The number of carbonyl (C=O) groups excluding carboxylic acids is 1. The molecular weight excluding hydrogens is 402 g/mol. The second-order valence-corrected chi connectivity index (χ2v) is 9.11. The molecule has 1 aromatic carbocycles. The lowest BCUT2D eigenvalue weighted by molar-refractivity contribution is -0.122. The quantitative estimate of drug-likeness (QED) is 0.789. The first-order chi connectivity index (χ1) is 15.6. The van der Waals surface area contributed by atoms with E-state index in [1.165, 1.54) is 0 Å². The van der Waals surface area contributed by atoms with Crippen molar-refractivity contribution in [2.45, 2.75) is 13.3 Å². The fourth-order valence-electron chi connectivity index (χ4n) is 5.26. The Hall–Kier alpha value is -2.99. The van der Waals surface area contributed by atoms with Crippen molar-refractivity contribution < 1.29 is 14.3 Å². The minimum atomic E-state index is -0.0181. The van der Waals surface area contributed by atoms with Crippen molar-refractivity contribution in [3.63, 3.8) is 0 Å². The van der Waals surface area contributed by atoms with Crippen LogP contribution in [-0.2, 0) is 4.79 Å². The number of rotatable bonds is 4. The van der Waals surface area contributed by atoms with Gasteiger partial charge in [0.05, 0.1) is 19.9 Å². The zero-order chi connectivity index (χ0) is 22.2. The molecular formula is C26H31N3O3. The third kappa shape index (κ3) is 3.73. The lowest BCUT2D eigenvalue weighted by Crippen LogP contribution is -2.31. The third-order valence-electron chi connectivity index (χ3n) is 7.16. The molecule has 0 saturated carbocycles. The molecule has 168 valence electrons. The molecule has 4 heterocycles. The van der Waals surface area contributed by atoms with Crippen LogP contribution >= 0.6 is 0 Å². The van der Waals surface area contributed by atoms with Crippen LogP contribution in [0.5, 0.6) is 11.5 Å². The maximum Gasteiger partial charge on any atom is 0.255 e. The molecule has 6 heteroatoms. The van der Waals surface area contributed by atoms with Gasteiger partial charge in [-0.25, -0.2) is 0 Å². The van der Waals surface area contributed by atoms with Gasteiger partial charge in [-0.05, 0) is 59.6 Å². The summed E-state index contributed by atoms with van der Waals surface area (Å²) < 4.78 is 10.9. The summed E-state index contributed by atoms with van der Waals surface area (Å²) in [7, 11) is 3.26. The zero-order valence-corrected chi connectivity index (χ0v) is 19.0. The van der Waals surface area contributed by atoms with Gasteiger partial charge in [0.1, 0.15) is 0 Å². The highest BCUT2D eigenvalue weighted by Crippen LogP contribution is 2.36. The molecule has 0 aliphatic carbocycles. The molecule has 3 atom stereocenters. The first-order valence-corrected chi connectivity index (χ1v) is 11.4. The van der Waals surface area contributed by atoms with Gasteiger partial charge < -0.3 is 19.7 Å². The monoisotopic (exact) mass is 433 g/mol. The van der Waals surface area contributed by atoms with E-state index in [1.807, 2.05) is 24.4 Å². The number of likely N-dealkylation sites (tertiary alicyclic amines) is 1. The second-order valence-electron chi connectivity index (χ2n) is 9.11. The average Bonchev–Trinajstić information content (AvgIpc) is 3.42. The molecule has 1 amide bonds. The van der Waals surface area contributed by atoms with Crippen LogP contribution < -0.4 is 14.8 Å². The van der Waals surface area contributed by atoms with E-state index in [-0.39, 0.29) is 11.8 Å². The fraction of sp³-hybridized carbons (Fsp3) is 0.423. The van der Waals surface area contributed by atoms with Gasteiger partial charge >= 0.3 is 0 Å². The number of hydrogen-bond donors (Lipinski definition) is 1. The Bertz CT molecular complexity index is 1030. The summed E-state index contributed by atoms with van der Waals surface area (Å²) in [5.41, 5.74) is 4.07. The van der Waals surface area contributed by atoms with E-state index >= 15 is 0 Å². The normalized spacial score (nSPS) is 27.2. The third-order valence-corrected chi connectivity index (χ3v) is 7.16. The Morgan fingerprint density at radius 3 is 2.44 bits per heavy atom. The minimum absolute atomic E-state index is 0.0181. The highest BCUT2D eigenvalue weighted by molar-refractivity contribution is 5.98. The number of methoxy groups -OCH3 is 2. The Labute approximate surface area is 189 Å². The van der Waals surface area contributed by atoms with E-state index in [0.29, 0.717) is 23.3 Å². The Morgan fingerprint density at radius 1 is 1.00 bits per heavy atom. The average molecular weight is 434 g/mol. The highest BCUT2D eigenvalue weighted by atomic mass is 16.5. The van der Waals surface area contributed by atoms with Crippen molar-refractivity contribution in [2.75, 3.05) is 40.4 Å². The summed E-state index contributed by atoms with van der Waals surface area (Å²) in [6.45, 7) is 6.47. The molecule has 3 unspecified atom stereocenters. The number of carbonyl (C=O) groups is 1. The zero-order valence-electron chi connectivity index (χ0n) is 19.0. The van der Waals surface area contributed by atoms with Crippen molar-refractivity contribution in [1.82, 2.24) is 15.1 Å². The van der Waals surface area contributed by atoms with E-state index in [2.05, 4.69) is 35.4 Å². The van der Waals surface area contributed by atoms with Gasteiger partial charge in [-0.1, -0.05) is 19.1 Å². The minimum Gasteiger partial charge on any atom is -0.493 e. The molecule has 4 aliphatic heterocycles. The molecule has 0 spiro atoms. The maximum atomic E-state index is 13.4. The number of allylic oxidation sites excluding steroid dienone is 4. The lowest BCUT2D eigenvalue weighted by atomic mass is 9.89. The number of fused-ring (bicyclic) bond motifs is 2. The predicted molar refractivity (Wildman–Crippen MR) is 125 cm³/mol. The van der Waals surface area contributed by atoms with Gasteiger partial charge in [0.25, 0.3) is 5.91 Å². The topological polar surface area (TPSA) is 54.0 Å². The van der Waals surface area contributed by atoms with Gasteiger partial charge in [0.15, 0.2) is 11.5 Å². The molecule has 5 rings (SSSR count). The van der Waals surface area contributed by atoms with E-state index in [0.717, 1.165) is 55.1 Å². The standard InChI is InChI=1S/C26H31N3O3/c1-17-4-6-21-7-8-22(28-14-19-12-27-13-20(19)15-28)16-29(21)26(30)11-23(17)18-5-9-24(31-2)25(10-18)32-3/h5-11,16-17,19-20,27H,4,12-15H2,1-3H3. The summed E-state index contributed by atoms with van der Waals surface area (Å²) in [6, 6.07) is 5.85. The summed E-state index contributed by atoms with van der Waals surface area (Å²) in [6.07, 6.45) is 11.1. The maximum absolute atomic E-state index is 13.4. The van der Waals surface area contributed by atoms with Crippen molar-refractivity contribution >= 4 is 11.5 Å². The Balaban J connectivity index is 1.43. The van der Waals surface area contributed by atoms with Crippen molar-refractivity contribution in [3.8, 4) is 11.5 Å². The number of hydrogen-bond acceptors (Lipinski definition) is 5. The van der Waals surface area contributed by atoms with Crippen LogP contribution in [0.3, 0.4) is 0 Å². The highest BCUT2D eigenvalue weighted by Gasteiger charge is 2.37. The van der Waals surface area contributed by atoms with Crippen LogP contribution in [0.4, 0.5) is 0 Å². The molecule has 32 heavy (non-hydrogen) atoms. The van der Waals surface area contributed by atoms with Gasteiger partial charge in [-0.2, -0.15) is 0 Å².